The molecule has 2 rings (SSSR count). The van der Waals surface area contributed by atoms with Crippen LogP contribution in [0.3, 0.4) is 0 Å². The molecule has 0 unspecified atom stereocenters. The van der Waals surface area contributed by atoms with Gasteiger partial charge in [-0.15, -0.1) is 0 Å². The van der Waals surface area contributed by atoms with Gasteiger partial charge in [-0.1, -0.05) is 11.6 Å². The third-order valence-electron chi connectivity index (χ3n) is 2.39. The molecule has 0 atom stereocenters. The third kappa shape index (κ3) is 3.25. The number of aromatic nitrogens is 2. The molecule has 0 saturated heterocycles. The Bertz CT molecular complexity index is 600. The molecule has 0 aliphatic heterocycles. The van der Waals surface area contributed by atoms with Crippen LogP contribution >= 0.6 is 23.4 Å². The topological polar surface area (TPSA) is 55.0 Å². The van der Waals surface area contributed by atoms with E-state index in [9.17, 15) is 4.79 Å². The molecule has 18 heavy (non-hydrogen) atoms. The van der Waals surface area contributed by atoms with Crippen LogP contribution in [0, 0.1) is 0 Å². The van der Waals surface area contributed by atoms with Crippen molar-refractivity contribution in [3.8, 4) is 0 Å². The van der Waals surface area contributed by atoms with E-state index in [0.717, 1.165) is 5.75 Å². The van der Waals surface area contributed by atoms with Crippen LogP contribution < -0.4 is 5.56 Å². The first-order chi connectivity index (χ1) is 8.70. The highest BCUT2D eigenvalue weighted by Gasteiger charge is 2.04. The number of thioether (sulfide) groups is 1. The van der Waals surface area contributed by atoms with Crippen molar-refractivity contribution in [2.75, 3.05) is 19.5 Å². The van der Waals surface area contributed by atoms with Crippen LogP contribution in [0.15, 0.2) is 23.0 Å². The maximum atomic E-state index is 11.9. The summed E-state index contributed by atoms with van der Waals surface area (Å²) in [7, 11) is 1.67. The lowest BCUT2D eigenvalue weighted by molar-refractivity contribution is 0.218. The number of rotatable bonds is 5. The number of methoxy groups -OCH3 is 1. The van der Waals surface area contributed by atoms with Crippen molar-refractivity contribution >= 4 is 34.3 Å². The van der Waals surface area contributed by atoms with Crippen molar-refractivity contribution in [2.24, 2.45) is 0 Å². The highest BCUT2D eigenvalue weighted by atomic mass is 35.5. The van der Waals surface area contributed by atoms with Gasteiger partial charge >= 0.3 is 0 Å². The van der Waals surface area contributed by atoms with E-state index in [-0.39, 0.29) is 5.56 Å². The van der Waals surface area contributed by atoms with Crippen molar-refractivity contribution in [1.82, 2.24) is 9.97 Å². The minimum Gasteiger partial charge on any atom is -0.384 e. The lowest BCUT2D eigenvalue weighted by Gasteiger charge is -2.03. The molecule has 0 aliphatic rings. The Balaban J connectivity index is 2.21. The predicted octanol–water partition coefficient (Wildman–Crippen LogP) is 2.46. The van der Waals surface area contributed by atoms with Gasteiger partial charge in [0.1, 0.15) is 5.82 Å². The Morgan fingerprint density at radius 2 is 2.33 bits per heavy atom. The standard InChI is InChI=1S/C12H13ClN2O2S/c1-17-4-5-18-7-11-14-10-3-2-8(13)6-9(10)12(16)15-11/h2-3,6H,4-5,7H2,1H3,(H,14,15,16). The zero-order valence-corrected chi connectivity index (χ0v) is 11.5. The number of hydrogen-bond donors (Lipinski definition) is 1. The SMILES string of the molecule is COCCSCc1nc2ccc(Cl)cc2c(=O)[nH]1. The molecule has 0 saturated carbocycles. The number of nitrogens with one attached hydrogen (secondary N) is 1. The molecule has 0 aliphatic carbocycles. The van der Waals surface area contributed by atoms with Crippen molar-refractivity contribution < 1.29 is 4.74 Å². The van der Waals surface area contributed by atoms with E-state index >= 15 is 0 Å². The molecule has 1 N–H and O–H groups in total. The average molecular weight is 285 g/mol. The molecular formula is C12H13ClN2O2S. The highest BCUT2D eigenvalue weighted by molar-refractivity contribution is 7.98. The monoisotopic (exact) mass is 284 g/mol. The van der Waals surface area contributed by atoms with Crippen LogP contribution in [0.4, 0.5) is 0 Å². The Kier molecular flexibility index (Phi) is 4.63. The van der Waals surface area contributed by atoms with Gasteiger partial charge in [-0.2, -0.15) is 11.8 Å². The van der Waals surface area contributed by atoms with E-state index in [0.29, 0.717) is 34.1 Å². The number of nitrogens with zero attached hydrogens (tertiary/aromatic N) is 1. The molecule has 4 nitrogen and oxygen atoms in total. The summed E-state index contributed by atoms with van der Waals surface area (Å²) in [5.74, 6) is 2.21. The second-order valence-electron chi connectivity index (χ2n) is 3.72. The Hall–Kier alpha value is -1.04. The summed E-state index contributed by atoms with van der Waals surface area (Å²) in [6.07, 6.45) is 0. The molecule has 2 aromatic rings. The van der Waals surface area contributed by atoms with Crippen LogP contribution in [-0.2, 0) is 10.5 Å². The predicted molar refractivity (Wildman–Crippen MR) is 75.4 cm³/mol. The maximum Gasteiger partial charge on any atom is 0.258 e. The second-order valence-corrected chi connectivity index (χ2v) is 5.26. The normalized spacial score (nSPS) is 11.0. The molecule has 0 bridgehead atoms. The molecule has 96 valence electrons. The number of halogens is 1. The zero-order valence-electron chi connectivity index (χ0n) is 9.90. The first-order valence-corrected chi connectivity index (χ1v) is 6.99. The van der Waals surface area contributed by atoms with Crippen LogP contribution in [0.25, 0.3) is 10.9 Å². The fourth-order valence-electron chi connectivity index (χ4n) is 1.54. The van der Waals surface area contributed by atoms with E-state index in [1.54, 1.807) is 37.1 Å². The number of fused-ring (bicyclic) bond motifs is 1. The lowest BCUT2D eigenvalue weighted by Crippen LogP contribution is -2.11. The summed E-state index contributed by atoms with van der Waals surface area (Å²) in [5, 5.41) is 1.06. The Morgan fingerprint density at radius 3 is 3.11 bits per heavy atom. The number of ether oxygens (including phenoxy) is 1. The van der Waals surface area contributed by atoms with Gasteiger partial charge in [0, 0.05) is 17.9 Å². The van der Waals surface area contributed by atoms with Gasteiger partial charge in [0.05, 0.1) is 23.3 Å². The molecule has 0 fully saturated rings. The van der Waals surface area contributed by atoms with Crippen LogP contribution in [-0.4, -0.2) is 29.4 Å². The maximum absolute atomic E-state index is 11.9. The van der Waals surface area contributed by atoms with Crippen molar-refractivity contribution in [2.45, 2.75) is 5.75 Å². The van der Waals surface area contributed by atoms with Gasteiger partial charge < -0.3 is 9.72 Å². The molecule has 0 amide bonds. The first kappa shape index (κ1) is 13.4. The van der Waals surface area contributed by atoms with Crippen LogP contribution in [0.5, 0.6) is 0 Å². The second kappa shape index (κ2) is 6.22. The van der Waals surface area contributed by atoms with E-state index in [1.165, 1.54) is 0 Å². The molecule has 0 spiro atoms. The van der Waals surface area contributed by atoms with Crippen molar-refractivity contribution in [1.29, 1.82) is 0 Å². The van der Waals surface area contributed by atoms with Gasteiger partial charge in [-0.05, 0) is 18.2 Å². The molecule has 1 heterocycles. The average Bonchev–Trinajstić information content (AvgIpc) is 2.36. The number of hydrogen-bond acceptors (Lipinski definition) is 4. The van der Waals surface area contributed by atoms with Gasteiger partial charge in [-0.3, -0.25) is 4.79 Å². The largest absolute Gasteiger partial charge is 0.384 e. The van der Waals surface area contributed by atoms with Gasteiger partial charge in [0.2, 0.25) is 0 Å². The number of benzene rings is 1. The van der Waals surface area contributed by atoms with E-state index in [4.69, 9.17) is 16.3 Å². The molecular weight excluding hydrogens is 272 g/mol. The minimum absolute atomic E-state index is 0.148. The fourth-order valence-corrected chi connectivity index (χ4v) is 2.47. The summed E-state index contributed by atoms with van der Waals surface area (Å²) in [4.78, 5) is 19.0. The summed E-state index contributed by atoms with van der Waals surface area (Å²) < 4.78 is 4.96. The summed E-state index contributed by atoms with van der Waals surface area (Å²) in [6.45, 7) is 0.693. The van der Waals surface area contributed by atoms with E-state index in [2.05, 4.69) is 9.97 Å². The molecule has 0 radical (unpaired) electrons. The van der Waals surface area contributed by atoms with Crippen molar-refractivity contribution in [3.05, 3.63) is 39.4 Å². The first-order valence-electron chi connectivity index (χ1n) is 5.46. The third-order valence-corrected chi connectivity index (χ3v) is 3.56. The van der Waals surface area contributed by atoms with Gasteiger partial charge in [-0.25, -0.2) is 4.98 Å². The molecule has 6 heteroatoms. The van der Waals surface area contributed by atoms with Gasteiger partial charge in [0.15, 0.2) is 0 Å². The molecule has 1 aromatic heterocycles. The lowest BCUT2D eigenvalue weighted by atomic mass is 10.2. The Labute approximate surface area is 114 Å². The number of H-pyrrole nitrogens is 1. The Morgan fingerprint density at radius 1 is 1.50 bits per heavy atom. The zero-order chi connectivity index (χ0) is 13.0. The fraction of sp³-hybridized carbons (Fsp3) is 0.333. The van der Waals surface area contributed by atoms with Crippen LogP contribution in [0.1, 0.15) is 5.82 Å². The summed E-state index contributed by atoms with van der Waals surface area (Å²) in [6, 6.07) is 5.12. The number of aromatic amines is 1. The highest BCUT2D eigenvalue weighted by Crippen LogP contribution is 2.15. The van der Waals surface area contributed by atoms with E-state index in [1.807, 2.05) is 0 Å². The van der Waals surface area contributed by atoms with Crippen molar-refractivity contribution in [3.63, 3.8) is 0 Å². The molecule has 1 aromatic carbocycles. The van der Waals surface area contributed by atoms with Gasteiger partial charge in [0.25, 0.3) is 5.56 Å². The minimum atomic E-state index is -0.148. The van der Waals surface area contributed by atoms with Crippen LogP contribution in [0.2, 0.25) is 5.02 Å². The summed E-state index contributed by atoms with van der Waals surface area (Å²) in [5.41, 5.74) is 0.523. The smallest absolute Gasteiger partial charge is 0.258 e. The quantitative estimate of drug-likeness (QED) is 0.857. The van der Waals surface area contributed by atoms with E-state index < -0.39 is 0 Å². The summed E-state index contributed by atoms with van der Waals surface area (Å²) >= 11 is 7.52.